The molecule has 0 fully saturated rings. The molecule has 0 atom stereocenters. The lowest BCUT2D eigenvalue weighted by molar-refractivity contribution is 0.628. The van der Waals surface area contributed by atoms with Crippen molar-refractivity contribution in [2.45, 2.75) is 0 Å². The zero-order valence-electron chi connectivity index (χ0n) is 11.0. The molecular formula is C15H12FN5. The monoisotopic (exact) mass is 281 g/mol. The maximum Gasteiger partial charge on any atom is 0.173 e. The molecule has 3 N–H and O–H groups in total. The fourth-order valence-corrected chi connectivity index (χ4v) is 1.90. The van der Waals surface area contributed by atoms with E-state index in [2.05, 4.69) is 20.4 Å². The van der Waals surface area contributed by atoms with Gasteiger partial charge in [-0.15, -0.1) is 5.11 Å². The summed E-state index contributed by atoms with van der Waals surface area (Å²) in [5, 5.41) is 14.9. The van der Waals surface area contributed by atoms with Crippen LogP contribution in [0.5, 0.6) is 0 Å². The first-order valence-electron chi connectivity index (χ1n) is 6.30. The predicted octanol–water partition coefficient (Wildman–Crippen LogP) is 4.21. The number of hydrogen-bond donors (Lipinski definition) is 2. The van der Waals surface area contributed by atoms with Crippen molar-refractivity contribution in [2.75, 3.05) is 5.73 Å². The number of nitrogens with zero attached hydrogens (tertiary/aromatic N) is 3. The third-order valence-corrected chi connectivity index (χ3v) is 2.90. The smallest absolute Gasteiger partial charge is 0.173 e. The molecule has 0 saturated carbocycles. The second-order valence-electron chi connectivity index (χ2n) is 4.38. The third-order valence-electron chi connectivity index (χ3n) is 2.90. The number of hydrogen-bond acceptors (Lipinski definition) is 4. The summed E-state index contributed by atoms with van der Waals surface area (Å²) in [6.07, 6.45) is 0. The summed E-state index contributed by atoms with van der Waals surface area (Å²) in [7, 11) is 0. The van der Waals surface area contributed by atoms with Gasteiger partial charge in [-0.2, -0.15) is 10.2 Å². The van der Waals surface area contributed by atoms with Gasteiger partial charge in [0.15, 0.2) is 11.5 Å². The summed E-state index contributed by atoms with van der Waals surface area (Å²) < 4.78 is 13.1. The standard InChI is InChI=1S/C15H12FN5/c16-11-7-4-8-12(9-11)18-20-14-13(19-21-15(14)17)10-5-2-1-3-6-10/h1-9H,(H3,17,19,21). The van der Waals surface area contributed by atoms with E-state index in [1.54, 1.807) is 12.1 Å². The van der Waals surface area contributed by atoms with Crippen LogP contribution in [0.1, 0.15) is 0 Å². The lowest BCUT2D eigenvalue weighted by atomic mass is 10.1. The molecule has 5 nitrogen and oxygen atoms in total. The molecule has 0 amide bonds. The Hall–Kier alpha value is -3.02. The molecule has 1 aromatic heterocycles. The second-order valence-corrected chi connectivity index (χ2v) is 4.38. The van der Waals surface area contributed by atoms with Crippen molar-refractivity contribution in [1.29, 1.82) is 0 Å². The fourth-order valence-electron chi connectivity index (χ4n) is 1.90. The van der Waals surface area contributed by atoms with Crippen molar-refractivity contribution >= 4 is 17.2 Å². The molecule has 3 aromatic rings. The third kappa shape index (κ3) is 2.79. The predicted molar refractivity (Wildman–Crippen MR) is 79.0 cm³/mol. The molecule has 0 bridgehead atoms. The number of benzene rings is 2. The van der Waals surface area contributed by atoms with Gasteiger partial charge < -0.3 is 5.73 Å². The minimum atomic E-state index is -0.366. The van der Waals surface area contributed by atoms with E-state index in [4.69, 9.17) is 5.73 Å². The average Bonchev–Trinajstić information content (AvgIpc) is 2.87. The van der Waals surface area contributed by atoms with Crippen molar-refractivity contribution in [3.8, 4) is 11.3 Å². The summed E-state index contributed by atoms with van der Waals surface area (Å²) in [4.78, 5) is 0. The Labute approximate surface area is 120 Å². The highest BCUT2D eigenvalue weighted by atomic mass is 19.1. The van der Waals surface area contributed by atoms with Crippen molar-refractivity contribution in [3.05, 3.63) is 60.4 Å². The lowest BCUT2D eigenvalue weighted by Gasteiger charge is -1.98. The van der Waals surface area contributed by atoms with Gasteiger partial charge in [0.05, 0.1) is 11.4 Å². The Bertz CT molecular complexity index is 780. The Balaban J connectivity index is 1.98. The number of azo groups is 1. The van der Waals surface area contributed by atoms with Gasteiger partial charge in [-0.3, -0.25) is 5.10 Å². The van der Waals surface area contributed by atoms with Gasteiger partial charge in [-0.25, -0.2) is 4.39 Å². The average molecular weight is 281 g/mol. The van der Waals surface area contributed by atoms with Crippen LogP contribution in [-0.2, 0) is 0 Å². The zero-order valence-corrected chi connectivity index (χ0v) is 11.0. The van der Waals surface area contributed by atoms with Crippen molar-refractivity contribution in [3.63, 3.8) is 0 Å². The Kier molecular flexibility index (Phi) is 3.42. The van der Waals surface area contributed by atoms with Crippen molar-refractivity contribution < 1.29 is 4.39 Å². The van der Waals surface area contributed by atoms with Crippen LogP contribution in [0, 0.1) is 5.82 Å². The lowest BCUT2D eigenvalue weighted by Crippen LogP contribution is -1.83. The first-order chi connectivity index (χ1) is 10.2. The molecule has 21 heavy (non-hydrogen) atoms. The normalized spacial score (nSPS) is 11.1. The molecule has 2 aromatic carbocycles. The number of nitrogens with two attached hydrogens (primary N) is 1. The molecule has 0 saturated heterocycles. The van der Waals surface area contributed by atoms with Gasteiger partial charge in [0.2, 0.25) is 0 Å². The summed E-state index contributed by atoms with van der Waals surface area (Å²) >= 11 is 0. The molecule has 0 radical (unpaired) electrons. The largest absolute Gasteiger partial charge is 0.380 e. The van der Waals surface area contributed by atoms with Crippen molar-refractivity contribution in [1.82, 2.24) is 10.2 Å². The van der Waals surface area contributed by atoms with Gasteiger partial charge >= 0.3 is 0 Å². The molecule has 6 heteroatoms. The number of nitrogens with one attached hydrogen (secondary N) is 1. The van der Waals surface area contributed by atoms with Gasteiger partial charge in [0, 0.05) is 11.6 Å². The molecule has 0 aliphatic rings. The Morgan fingerprint density at radius 1 is 1.00 bits per heavy atom. The van der Waals surface area contributed by atoms with Gasteiger partial charge in [0.25, 0.3) is 0 Å². The Morgan fingerprint density at radius 3 is 2.57 bits per heavy atom. The summed E-state index contributed by atoms with van der Waals surface area (Å²) in [6.45, 7) is 0. The summed E-state index contributed by atoms with van der Waals surface area (Å²) in [6, 6.07) is 15.4. The van der Waals surface area contributed by atoms with Crippen LogP contribution in [0.2, 0.25) is 0 Å². The molecule has 1 heterocycles. The quantitative estimate of drug-likeness (QED) is 0.705. The molecular weight excluding hydrogens is 269 g/mol. The highest BCUT2D eigenvalue weighted by Crippen LogP contribution is 2.33. The highest BCUT2D eigenvalue weighted by molar-refractivity contribution is 5.79. The van der Waals surface area contributed by atoms with E-state index >= 15 is 0 Å². The first kappa shape index (κ1) is 13.0. The van der Waals surface area contributed by atoms with E-state index in [0.29, 0.717) is 17.1 Å². The molecule has 3 rings (SSSR count). The number of anilines is 1. The minimum Gasteiger partial charge on any atom is -0.380 e. The van der Waals surface area contributed by atoms with E-state index in [1.165, 1.54) is 12.1 Å². The Morgan fingerprint density at radius 2 is 1.81 bits per heavy atom. The number of nitrogen functional groups attached to an aromatic ring is 1. The van der Waals surface area contributed by atoms with E-state index in [9.17, 15) is 4.39 Å². The molecule has 0 spiro atoms. The minimum absolute atomic E-state index is 0.244. The molecule has 0 aliphatic carbocycles. The van der Waals surface area contributed by atoms with Crippen molar-refractivity contribution in [2.24, 2.45) is 10.2 Å². The van der Waals surface area contributed by atoms with E-state index < -0.39 is 0 Å². The number of H-pyrrole nitrogens is 1. The molecule has 104 valence electrons. The summed E-state index contributed by atoms with van der Waals surface area (Å²) in [5.74, 6) is -0.121. The van der Waals surface area contributed by atoms with Crippen LogP contribution in [0.3, 0.4) is 0 Å². The van der Waals surface area contributed by atoms with Crippen LogP contribution in [0.15, 0.2) is 64.8 Å². The van der Waals surface area contributed by atoms with Gasteiger partial charge in [-0.1, -0.05) is 36.4 Å². The number of aromatic amines is 1. The van der Waals surface area contributed by atoms with Gasteiger partial charge in [-0.05, 0) is 12.1 Å². The highest BCUT2D eigenvalue weighted by Gasteiger charge is 2.12. The molecule has 0 unspecified atom stereocenters. The second kappa shape index (κ2) is 5.54. The topological polar surface area (TPSA) is 79.4 Å². The fraction of sp³-hybridized carbons (Fsp3) is 0. The number of rotatable bonds is 3. The van der Waals surface area contributed by atoms with Crippen LogP contribution >= 0.6 is 0 Å². The van der Waals surface area contributed by atoms with Crippen LogP contribution in [-0.4, -0.2) is 10.2 Å². The van der Waals surface area contributed by atoms with Crippen LogP contribution < -0.4 is 5.73 Å². The molecule has 0 aliphatic heterocycles. The first-order valence-corrected chi connectivity index (χ1v) is 6.30. The van der Waals surface area contributed by atoms with E-state index in [-0.39, 0.29) is 11.6 Å². The maximum atomic E-state index is 13.1. The van der Waals surface area contributed by atoms with Crippen LogP contribution in [0.25, 0.3) is 11.3 Å². The number of halogens is 1. The SMILES string of the molecule is Nc1n[nH]c(-c2ccccc2)c1N=Nc1cccc(F)c1. The van der Waals surface area contributed by atoms with Crippen LogP contribution in [0.4, 0.5) is 21.6 Å². The van der Waals surface area contributed by atoms with Gasteiger partial charge in [0.1, 0.15) is 5.82 Å². The maximum absolute atomic E-state index is 13.1. The number of aromatic nitrogens is 2. The summed E-state index contributed by atoms with van der Waals surface area (Å²) in [5.41, 5.74) is 8.22. The van der Waals surface area contributed by atoms with E-state index in [0.717, 1.165) is 5.56 Å². The zero-order chi connectivity index (χ0) is 14.7. The van der Waals surface area contributed by atoms with E-state index in [1.807, 2.05) is 30.3 Å².